The van der Waals surface area contributed by atoms with E-state index in [0.29, 0.717) is 18.1 Å². The summed E-state index contributed by atoms with van der Waals surface area (Å²) in [5.74, 6) is 0.414. The van der Waals surface area contributed by atoms with Crippen LogP contribution in [0.25, 0.3) is 11.1 Å². The van der Waals surface area contributed by atoms with E-state index < -0.39 is 5.56 Å². The van der Waals surface area contributed by atoms with Gasteiger partial charge in [-0.3, -0.25) is 14.8 Å². The van der Waals surface area contributed by atoms with Crippen LogP contribution in [-0.4, -0.2) is 9.97 Å². The van der Waals surface area contributed by atoms with Gasteiger partial charge in [0.25, 0.3) is 5.56 Å². The zero-order valence-electron chi connectivity index (χ0n) is 9.65. The number of rotatable bonds is 0. The minimum Gasteiger partial charge on any atom is -0.472 e. The van der Waals surface area contributed by atoms with Gasteiger partial charge in [-0.25, -0.2) is 0 Å². The fourth-order valence-electron chi connectivity index (χ4n) is 2.18. The van der Waals surface area contributed by atoms with Crippen molar-refractivity contribution in [3.8, 4) is 23.1 Å². The van der Waals surface area contributed by atoms with Crippen LogP contribution in [0.15, 0.2) is 23.1 Å². The van der Waals surface area contributed by atoms with Crippen molar-refractivity contribution >= 4 is 0 Å². The van der Waals surface area contributed by atoms with Crippen molar-refractivity contribution in [1.82, 2.24) is 9.97 Å². The summed E-state index contributed by atoms with van der Waals surface area (Å²) in [5.41, 5.74) is 2.80. The Morgan fingerprint density at radius 2 is 2.39 bits per heavy atom. The Kier molecular flexibility index (Phi) is 2.17. The highest BCUT2D eigenvalue weighted by Gasteiger charge is 2.23. The molecule has 5 heteroatoms. The van der Waals surface area contributed by atoms with Crippen LogP contribution in [0.3, 0.4) is 0 Å². The van der Waals surface area contributed by atoms with Crippen molar-refractivity contribution in [3.63, 3.8) is 0 Å². The number of pyridine rings is 2. The molecule has 0 radical (unpaired) electrons. The number of fused-ring (bicyclic) bond motifs is 3. The van der Waals surface area contributed by atoms with E-state index in [0.717, 1.165) is 16.8 Å². The Morgan fingerprint density at radius 1 is 1.56 bits per heavy atom. The summed E-state index contributed by atoms with van der Waals surface area (Å²) in [6.07, 6.45) is 1.69. The van der Waals surface area contributed by atoms with Crippen LogP contribution in [0.4, 0.5) is 0 Å². The lowest BCUT2D eigenvalue weighted by Crippen LogP contribution is -2.18. The van der Waals surface area contributed by atoms with Crippen molar-refractivity contribution < 1.29 is 4.74 Å². The maximum absolute atomic E-state index is 11.7. The number of hydrogen-bond donors (Lipinski definition) is 1. The molecule has 88 valence electrons. The minimum atomic E-state index is -0.416. The second-order valence-electron chi connectivity index (χ2n) is 4.06. The van der Waals surface area contributed by atoms with Crippen LogP contribution in [0.1, 0.15) is 16.8 Å². The predicted octanol–water partition coefficient (Wildman–Crippen LogP) is 1.51. The first-order chi connectivity index (χ1) is 8.72. The average molecular weight is 239 g/mol. The number of hydrogen-bond acceptors (Lipinski definition) is 4. The van der Waals surface area contributed by atoms with Crippen molar-refractivity contribution in [2.75, 3.05) is 0 Å². The van der Waals surface area contributed by atoms with Crippen molar-refractivity contribution in [3.05, 3.63) is 45.5 Å². The number of aromatic amines is 1. The van der Waals surface area contributed by atoms with Gasteiger partial charge >= 0.3 is 0 Å². The van der Waals surface area contributed by atoms with E-state index in [1.807, 2.05) is 18.2 Å². The summed E-state index contributed by atoms with van der Waals surface area (Å²) in [6, 6.07) is 5.66. The molecule has 18 heavy (non-hydrogen) atoms. The quantitative estimate of drug-likeness (QED) is 0.755. The number of nitrogens with one attached hydrogen (secondary N) is 1. The Balaban J connectivity index is 2.41. The molecule has 3 heterocycles. The first kappa shape index (κ1) is 10.5. The van der Waals surface area contributed by atoms with Gasteiger partial charge in [0.2, 0.25) is 5.88 Å². The third kappa shape index (κ3) is 1.32. The molecule has 3 rings (SSSR count). The summed E-state index contributed by atoms with van der Waals surface area (Å²) in [7, 11) is 0. The third-order valence-electron chi connectivity index (χ3n) is 3.06. The van der Waals surface area contributed by atoms with Crippen molar-refractivity contribution in [2.45, 2.75) is 13.5 Å². The monoisotopic (exact) mass is 239 g/mol. The van der Waals surface area contributed by atoms with Crippen molar-refractivity contribution in [2.24, 2.45) is 0 Å². The van der Waals surface area contributed by atoms with E-state index in [9.17, 15) is 4.79 Å². The maximum Gasteiger partial charge on any atom is 0.268 e. The first-order valence-electron chi connectivity index (χ1n) is 5.46. The molecule has 1 N–H and O–H groups in total. The highest BCUT2D eigenvalue weighted by molar-refractivity contribution is 5.76. The number of nitrogens with zero attached hydrogens (tertiary/aromatic N) is 2. The molecule has 0 fully saturated rings. The summed E-state index contributed by atoms with van der Waals surface area (Å²) in [4.78, 5) is 18.5. The lowest BCUT2D eigenvalue weighted by molar-refractivity contribution is 0.284. The highest BCUT2D eigenvalue weighted by atomic mass is 16.5. The number of nitriles is 1. The largest absolute Gasteiger partial charge is 0.472 e. The molecular formula is C13H9N3O2. The van der Waals surface area contributed by atoms with Crippen LogP contribution in [0.5, 0.6) is 5.88 Å². The van der Waals surface area contributed by atoms with E-state index >= 15 is 0 Å². The zero-order chi connectivity index (χ0) is 12.7. The molecule has 1 aliphatic heterocycles. The van der Waals surface area contributed by atoms with Crippen LogP contribution < -0.4 is 10.3 Å². The second kappa shape index (κ2) is 3.70. The molecule has 0 unspecified atom stereocenters. The zero-order valence-corrected chi connectivity index (χ0v) is 9.65. The van der Waals surface area contributed by atoms with Crippen molar-refractivity contribution in [1.29, 1.82) is 5.26 Å². The molecule has 5 nitrogen and oxygen atoms in total. The lowest BCUT2D eigenvalue weighted by Gasteiger charge is -2.21. The molecule has 2 aromatic heterocycles. The Bertz CT molecular complexity index is 741. The van der Waals surface area contributed by atoms with E-state index in [4.69, 9.17) is 10.00 Å². The van der Waals surface area contributed by atoms with E-state index in [1.165, 1.54) is 0 Å². The van der Waals surface area contributed by atoms with E-state index in [2.05, 4.69) is 9.97 Å². The van der Waals surface area contributed by atoms with Crippen LogP contribution >= 0.6 is 0 Å². The number of ether oxygens (including phenoxy) is 1. The molecule has 0 aromatic carbocycles. The van der Waals surface area contributed by atoms with Gasteiger partial charge in [0.1, 0.15) is 18.2 Å². The molecule has 1 aliphatic rings. The van der Waals surface area contributed by atoms with Gasteiger partial charge in [-0.05, 0) is 18.6 Å². The van der Waals surface area contributed by atoms with Gasteiger partial charge in [-0.2, -0.15) is 5.26 Å². The summed E-state index contributed by atoms with van der Waals surface area (Å²) < 4.78 is 5.48. The Hall–Kier alpha value is -2.61. The van der Waals surface area contributed by atoms with Gasteiger partial charge in [0.05, 0.1) is 5.69 Å². The predicted molar refractivity (Wildman–Crippen MR) is 64.1 cm³/mol. The standard InChI is InChI=1S/C13H9N3O2/c1-7-9(5-14)12(17)16-13-11(7)8-3-2-4-15-10(8)6-18-13/h2-4H,6H2,1H3,(H,16,17). The molecular weight excluding hydrogens is 230 g/mol. The van der Waals surface area contributed by atoms with Crippen LogP contribution in [-0.2, 0) is 6.61 Å². The first-order valence-corrected chi connectivity index (χ1v) is 5.46. The molecule has 0 atom stereocenters. The fourth-order valence-corrected chi connectivity index (χ4v) is 2.18. The average Bonchev–Trinajstić information content (AvgIpc) is 2.38. The summed E-state index contributed by atoms with van der Waals surface area (Å²) in [5, 5.41) is 9.02. The summed E-state index contributed by atoms with van der Waals surface area (Å²) >= 11 is 0. The van der Waals surface area contributed by atoms with Gasteiger partial charge in [0, 0.05) is 17.3 Å². The van der Waals surface area contributed by atoms with E-state index in [1.54, 1.807) is 13.1 Å². The molecule has 0 aliphatic carbocycles. The minimum absolute atomic E-state index is 0.119. The molecule has 0 saturated carbocycles. The molecule has 0 spiro atoms. The smallest absolute Gasteiger partial charge is 0.268 e. The van der Waals surface area contributed by atoms with Crippen LogP contribution in [0.2, 0.25) is 0 Å². The lowest BCUT2D eigenvalue weighted by atomic mass is 9.96. The summed E-state index contributed by atoms with van der Waals surface area (Å²) in [6.45, 7) is 2.07. The molecule has 0 saturated heterocycles. The molecule has 0 bridgehead atoms. The highest BCUT2D eigenvalue weighted by Crippen LogP contribution is 2.37. The number of aromatic nitrogens is 2. The SMILES string of the molecule is Cc1c2c([nH]c(=O)c1C#N)OCc1ncccc1-2. The van der Waals surface area contributed by atoms with Gasteiger partial charge in [-0.15, -0.1) is 0 Å². The molecule has 0 amide bonds. The van der Waals surface area contributed by atoms with E-state index in [-0.39, 0.29) is 5.56 Å². The van der Waals surface area contributed by atoms with Crippen LogP contribution in [0, 0.1) is 18.3 Å². The molecule has 2 aromatic rings. The normalized spacial score (nSPS) is 12.0. The van der Waals surface area contributed by atoms with Gasteiger partial charge in [0.15, 0.2) is 0 Å². The topological polar surface area (TPSA) is 78.8 Å². The Labute approximate surface area is 103 Å². The second-order valence-corrected chi connectivity index (χ2v) is 4.06. The maximum atomic E-state index is 11.7. The van der Waals surface area contributed by atoms with Gasteiger partial charge in [-0.1, -0.05) is 6.07 Å². The number of H-pyrrole nitrogens is 1. The van der Waals surface area contributed by atoms with Gasteiger partial charge < -0.3 is 4.74 Å². The Morgan fingerprint density at radius 3 is 3.17 bits per heavy atom. The fraction of sp³-hybridized carbons (Fsp3) is 0.154. The third-order valence-corrected chi connectivity index (χ3v) is 3.06.